The molecule has 2 unspecified atom stereocenters. The van der Waals surface area contributed by atoms with E-state index in [2.05, 4.69) is 0 Å². The number of esters is 3. The van der Waals surface area contributed by atoms with Gasteiger partial charge in [0.15, 0.2) is 0 Å². The highest BCUT2D eigenvalue weighted by atomic mass is 16.7. The van der Waals surface area contributed by atoms with Gasteiger partial charge in [-0.1, -0.05) is 19.3 Å². The monoisotopic (exact) mass is 662 g/mol. The van der Waals surface area contributed by atoms with Crippen LogP contribution in [0.15, 0.2) is 36.5 Å². The molecule has 15 nitrogen and oxygen atoms in total. The zero-order valence-electron chi connectivity index (χ0n) is 26.4. The van der Waals surface area contributed by atoms with Crippen LogP contribution < -0.4 is 0 Å². The molecule has 0 fully saturated rings. The molecule has 0 saturated heterocycles. The van der Waals surface area contributed by atoms with E-state index < -0.39 is 37.3 Å². The summed E-state index contributed by atoms with van der Waals surface area (Å²) in [6.45, 7) is 0.506. The number of imide groups is 1. The number of unbranched alkanes of at least 4 members (excludes halogenated alkanes) is 6. The average molecular weight is 663 g/mol. The van der Waals surface area contributed by atoms with E-state index in [4.69, 9.17) is 14.2 Å². The Bertz CT molecular complexity index is 1170. The Morgan fingerprint density at radius 1 is 0.638 bits per heavy atom. The van der Waals surface area contributed by atoms with Gasteiger partial charge in [0, 0.05) is 56.8 Å². The second-order valence-corrected chi connectivity index (χ2v) is 11.3. The molecule has 258 valence electrons. The van der Waals surface area contributed by atoms with Crippen LogP contribution in [0.4, 0.5) is 0 Å². The lowest BCUT2D eigenvalue weighted by Crippen LogP contribution is -2.34. The molecule has 3 aliphatic heterocycles. The molecule has 3 aliphatic rings. The molecule has 0 saturated carbocycles. The third-order valence-corrected chi connectivity index (χ3v) is 7.67. The molecule has 0 aromatic rings. The van der Waals surface area contributed by atoms with Gasteiger partial charge in [-0.05, 0) is 50.7 Å². The fraction of sp³-hybridized carbons (Fsp3) is 0.594. The van der Waals surface area contributed by atoms with Crippen LogP contribution in [-0.4, -0.2) is 116 Å². The van der Waals surface area contributed by atoms with E-state index in [1.54, 1.807) is 0 Å². The number of ether oxygens (including phenoxy) is 3. The van der Waals surface area contributed by atoms with Crippen molar-refractivity contribution in [1.82, 2.24) is 14.7 Å². The smallest absolute Gasteiger partial charge is 0.418 e. The number of carbonyl (C=O) groups excluding carboxylic acids is 7. The van der Waals surface area contributed by atoms with Gasteiger partial charge in [0.05, 0.1) is 0 Å². The van der Waals surface area contributed by atoms with Crippen molar-refractivity contribution in [3.05, 3.63) is 36.5 Å². The molecule has 0 bridgehead atoms. The van der Waals surface area contributed by atoms with E-state index in [0.29, 0.717) is 70.9 Å². The second-order valence-electron chi connectivity index (χ2n) is 11.3. The van der Waals surface area contributed by atoms with Crippen molar-refractivity contribution in [2.24, 2.45) is 0 Å². The topological polar surface area (TPSA) is 202 Å². The Labute approximate surface area is 272 Å². The minimum Gasteiger partial charge on any atom is -0.418 e. The SMILES string of the molecule is O=C(CCCCCN1C(=O)C=CC1O)OC(COC(=[OH+])CCCCCN1C(=O)C=CC1=O)OC(=O)CCCCCN1C(=O)C=CC1O. The van der Waals surface area contributed by atoms with Gasteiger partial charge in [-0.25, -0.2) is 0 Å². The van der Waals surface area contributed by atoms with Crippen molar-refractivity contribution in [2.45, 2.75) is 95.8 Å². The van der Waals surface area contributed by atoms with Gasteiger partial charge in [0.25, 0.3) is 18.4 Å². The Balaban J connectivity index is 1.36. The summed E-state index contributed by atoms with van der Waals surface area (Å²) in [5.41, 5.74) is 0. The summed E-state index contributed by atoms with van der Waals surface area (Å²) in [6, 6.07) is 0. The minimum absolute atomic E-state index is 0.00592. The molecule has 3 N–H and O–H groups in total. The van der Waals surface area contributed by atoms with E-state index in [1.807, 2.05) is 0 Å². The summed E-state index contributed by atoms with van der Waals surface area (Å²) >= 11 is 0. The zero-order valence-corrected chi connectivity index (χ0v) is 26.4. The van der Waals surface area contributed by atoms with Gasteiger partial charge in [-0.2, -0.15) is 0 Å². The zero-order chi connectivity index (χ0) is 34.2. The predicted molar refractivity (Wildman–Crippen MR) is 164 cm³/mol. The van der Waals surface area contributed by atoms with Gasteiger partial charge in [0.1, 0.15) is 18.9 Å². The van der Waals surface area contributed by atoms with Crippen LogP contribution in [0, 0.1) is 0 Å². The molecular weight excluding hydrogens is 618 g/mol. The third kappa shape index (κ3) is 12.7. The first-order valence-corrected chi connectivity index (χ1v) is 16.0. The van der Waals surface area contributed by atoms with Crippen molar-refractivity contribution in [3.8, 4) is 0 Å². The Morgan fingerprint density at radius 2 is 1.09 bits per heavy atom. The van der Waals surface area contributed by atoms with Crippen LogP contribution in [0.5, 0.6) is 0 Å². The van der Waals surface area contributed by atoms with Crippen molar-refractivity contribution in [1.29, 1.82) is 0 Å². The Morgan fingerprint density at radius 3 is 1.53 bits per heavy atom. The first kappa shape index (κ1) is 37.1. The van der Waals surface area contributed by atoms with Gasteiger partial charge >= 0.3 is 24.2 Å². The molecule has 0 spiro atoms. The van der Waals surface area contributed by atoms with E-state index >= 15 is 0 Å². The number of aliphatic hydroxyl groups excluding tert-OH is 2. The first-order chi connectivity index (χ1) is 22.5. The molecular formula is C32H44N3O12+. The van der Waals surface area contributed by atoms with E-state index in [1.165, 1.54) is 46.3 Å². The molecule has 0 aromatic carbocycles. The molecule has 47 heavy (non-hydrogen) atoms. The summed E-state index contributed by atoms with van der Waals surface area (Å²) in [5, 5.41) is 19.5. The molecule has 0 radical (unpaired) electrons. The molecule has 3 heterocycles. The summed E-state index contributed by atoms with van der Waals surface area (Å²) in [5.74, 6) is -2.89. The summed E-state index contributed by atoms with van der Waals surface area (Å²) in [7, 11) is 0. The van der Waals surface area contributed by atoms with Gasteiger partial charge in [-0.15, -0.1) is 0 Å². The largest absolute Gasteiger partial charge is 0.482 e. The highest BCUT2D eigenvalue weighted by Gasteiger charge is 2.27. The Hall–Kier alpha value is -4.37. The average Bonchev–Trinajstić information content (AvgIpc) is 3.65. The number of nitrogens with zero attached hydrogens (tertiary/aromatic N) is 3. The van der Waals surface area contributed by atoms with E-state index in [0.717, 1.165) is 4.90 Å². The predicted octanol–water partition coefficient (Wildman–Crippen LogP) is 0.958. The quantitative estimate of drug-likeness (QED) is 0.0550. The van der Waals surface area contributed by atoms with Crippen LogP contribution in [-0.2, 0) is 43.0 Å². The molecule has 3 rings (SSSR count). The maximum Gasteiger partial charge on any atom is 0.482 e. The number of amides is 4. The van der Waals surface area contributed by atoms with Crippen LogP contribution in [0.2, 0.25) is 0 Å². The molecule has 15 heteroatoms. The highest BCUT2D eigenvalue weighted by Crippen LogP contribution is 2.14. The van der Waals surface area contributed by atoms with Crippen LogP contribution in [0.3, 0.4) is 0 Å². The summed E-state index contributed by atoms with van der Waals surface area (Å²) in [6.07, 6.45) is 9.47. The number of rotatable bonds is 22. The second kappa shape index (κ2) is 19.3. The standard InChI is InChI=1S/C32H43N3O12/c36-23-13-14-24(37)33(23)19-7-1-4-10-29(42)45-22-32(46-30(43)11-5-2-8-20-34-25(38)15-16-26(34)39)47-31(44)12-6-3-9-21-35-27(40)17-18-28(35)41/h13-18,25,27,32,38,40H,1-12,19-22H2/p+1. The van der Waals surface area contributed by atoms with Crippen LogP contribution in [0.1, 0.15) is 77.0 Å². The lowest BCUT2D eigenvalue weighted by molar-refractivity contribution is -0.194. The number of carbonyl (C=O) groups is 6. The van der Waals surface area contributed by atoms with Crippen molar-refractivity contribution < 1.29 is 58.0 Å². The first-order valence-electron chi connectivity index (χ1n) is 16.0. The van der Waals surface area contributed by atoms with Crippen LogP contribution in [0.25, 0.3) is 0 Å². The summed E-state index contributed by atoms with van der Waals surface area (Å²) < 4.78 is 16.0. The number of aliphatic hydroxyl groups is 2. The maximum atomic E-state index is 12.5. The molecule has 0 aromatic heterocycles. The lowest BCUT2D eigenvalue weighted by atomic mass is 10.2. The molecule has 2 atom stereocenters. The molecule has 4 amide bonds. The van der Waals surface area contributed by atoms with E-state index in [-0.39, 0.29) is 55.4 Å². The fourth-order valence-corrected chi connectivity index (χ4v) is 5.05. The van der Waals surface area contributed by atoms with Crippen molar-refractivity contribution >= 4 is 41.5 Å². The molecule has 0 aliphatic carbocycles. The number of hydrogen-bond donors (Lipinski definition) is 2. The third-order valence-electron chi connectivity index (χ3n) is 7.67. The van der Waals surface area contributed by atoms with Crippen LogP contribution >= 0.6 is 0 Å². The lowest BCUT2D eigenvalue weighted by Gasteiger charge is -2.20. The van der Waals surface area contributed by atoms with E-state index in [9.17, 15) is 43.8 Å². The van der Waals surface area contributed by atoms with Crippen molar-refractivity contribution in [2.75, 3.05) is 26.2 Å². The fourth-order valence-electron chi connectivity index (χ4n) is 5.05. The normalized spacial score (nSPS) is 19.3. The highest BCUT2D eigenvalue weighted by molar-refractivity contribution is 6.12. The minimum atomic E-state index is -1.41. The Kier molecular flexibility index (Phi) is 15.3. The van der Waals surface area contributed by atoms with Crippen molar-refractivity contribution in [3.63, 3.8) is 0 Å². The maximum absolute atomic E-state index is 12.5. The van der Waals surface area contributed by atoms with Gasteiger partial charge in [-0.3, -0.25) is 33.7 Å². The van der Waals surface area contributed by atoms with Gasteiger partial charge < -0.3 is 39.0 Å². The van der Waals surface area contributed by atoms with Gasteiger partial charge in [0.2, 0.25) is 11.8 Å². The number of hydrogen-bond acceptors (Lipinski definition) is 11. The summed E-state index contributed by atoms with van der Waals surface area (Å²) in [4.78, 5) is 85.6.